The average Bonchev–Trinajstić information content (AvgIpc) is 2.98. The minimum absolute atomic E-state index is 0.211. The minimum atomic E-state index is -0.332. The molecular formula is C19H19N3O2. The molecule has 1 aromatic heterocycles. The van der Waals surface area contributed by atoms with Crippen molar-refractivity contribution in [1.29, 1.82) is 0 Å². The maximum absolute atomic E-state index is 11.2. The minimum Gasteiger partial charge on any atom is -0.508 e. The highest BCUT2D eigenvalue weighted by Gasteiger charge is 2.11. The van der Waals surface area contributed by atoms with E-state index in [2.05, 4.69) is 16.3 Å². The molecule has 0 radical (unpaired) electrons. The average molecular weight is 321 g/mol. The van der Waals surface area contributed by atoms with Gasteiger partial charge in [0.1, 0.15) is 5.75 Å². The molecule has 3 rings (SSSR count). The van der Waals surface area contributed by atoms with Gasteiger partial charge in [0.15, 0.2) is 0 Å². The molecule has 3 aromatic rings. The number of nitrogens with two attached hydrogens (primary N) is 1. The number of nitrogens with one attached hydrogen (secondary N) is 1. The zero-order valence-corrected chi connectivity index (χ0v) is 13.4. The number of rotatable bonds is 5. The van der Waals surface area contributed by atoms with Crippen molar-refractivity contribution >= 4 is 5.91 Å². The first-order chi connectivity index (χ1) is 11.5. The normalized spacial score (nSPS) is 10.7. The number of primary amides is 1. The number of nitrogens with zero attached hydrogens (tertiary/aromatic N) is 1. The van der Waals surface area contributed by atoms with Crippen molar-refractivity contribution in [3.05, 3.63) is 59.9 Å². The van der Waals surface area contributed by atoms with E-state index in [1.165, 1.54) is 0 Å². The van der Waals surface area contributed by atoms with Crippen LogP contribution in [0.1, 0.15) is 17.7 Å². The molecular weight excluding hydrogens is 302 g/mol. The lowest BCUT2D eigenvalue weighted by atomic mass is 9.92. The van der Waals surface area contributed by atoms with Crippen LogP contribution in [0, 0.1) is 6.92 Å². The van der Waals surface area contributed by atoms with Crippen molar-refractivity contribution in [2.75, 3.05) is 0 Å². The molecule has 4 N–H and O–H groups in total. The lowest BCUT2D eigenvalue weighted by molar-refractivity contribution is -0.117. The number of aromatic nitrogens is 2. The maximum Gasteiger partial charge on any atom is 0.217 e. The van der Waals surface area contributed by atoms with Crippen LogP contribution in [0.3, 0.4) is 0 Å². The quantitative estimate of drug-likeness (QED) is 0.674. The summed E-state index contributed by atoms with van der Waals surface area (Å²) in [7, 11) is 0. The number of phenols is 1. The van der Waals surface area contributed by atoms with E-state index in [4.69, 9.17) is 5.73 Å². The van der Waals surface area contributed by atoms with Crippen molar-refractivity contribution in [2.45, 2.75) is 19.8 Å². The molecule has 0 spiro atoms. The predicted octanol–water partition coefficient (Wildman–Crippen LogP) is 3.18. The van der Waals surface area contributed by atoms with Gasteiger partial charge in [-0.3, -0.25) is 9.89 Å². The van der Waals surface area contributed by atoms with Gasteiger partial charge in [-0.25, -0.2) is 0 Å². The number of benzene rings is 2. The number of H-pyrrole nitrogens is 1. The highest BCUT2D eigenvalue weighted by molar-refractivity contribution is 5.77. The second kappa shape index (κ2) is 6.58. The smallest absolute Gasteiger partial charge is 0.217 e. The Hall–Kier alpha value is -3.08. The fourth-order valence-corrected chi connectivity index (χ4v) is 2.82. The number of phenolic OH excluding ortho intramolecular Hbond substituents is 1. The molecule has 5 nitrogen and oxygen atoms in total. The largest absolute Gasteiger partial charge is 0.508 e. The lowest BCUT2D eigenvalue weighted by Crippen LogP contribution is -2.11. The number of aromatic amines is 1. The first-order valence-electron chi connectivity index (χ1n) is 7.75. The van der Waals surface area contributed by atoms with E-state index in [0.29, 0.717) is 6.42 Å². The number of hydrogen-bond donors (Lipinski definition) is 3. The van der Waals surface area contributed by atoms with Crippen molar-refractivity contribution in [3.8, 4) is 28.0 Å². The topological polar surface area (TPSA) is 92.0 Å². The monoisotopic (exact) mass is 321 g/mol. The molecule has 5 heteroatoms. The third kappa shape index (κ3) is 3.30. The Bertz CT molecular complexity index is 884. The van der Waals surface area contributed by atoms with Crippen molar-refractivity contribution in [3.63, 3.8) is 0 Å². The van der Waals surface area contributed by atoms with Gasteiger partial charge in [-0.2, -0.15) is 5.10 Å². The summed E-state index contributed by atoms with van der Waals surface area (Å²) in [5.41, 5.74) is 11.3. The number of aryl methyl sites for hydroxylation is 2. The van der Waals surface area contributed by atoms with E-state index in [9.17, 15) is 9.90 Å². The number of carbonyl (C=O) groups is 1. The molecule has 2 aromatic carbocycles. The van der Waals surface area contributed by atoms with E-state index < -0.39 is 0 Å². The van der Waals surface area contributed by atoms with Crippen LogP contribution in [0.4, 0.5) is 0 Å². The Kier molecular flexibility index (Phi) is 4.33. The second-order valence-corrected chi connectivity index (χ2v) is 5.80. The van der Waals surface area contributed by atoms with Crippen molar-refractivity contribution in [2.24, 2.45) is 5.73 Å². The number of carbonyl (C=O) groups excluding carboxylic acids is 1. The summed E-state index contributed by atoms with van der Waals surface area (Å²) in [5, 5.41) is 16.7. The van der Waals surface area contributed by atoms with Crippen molar-refractivity contribution < 1.29 is 9.90 Å². The van der Waals surface area contributed by atoms with Gasteiger partial charge >= 0.3 is 0 Å². The van der Waals surface area contributed by atoms with Crippen LogP contribution in [0.15, 0.2) is 48.7 Å². The highest BCUT2D eigenvalue weighted by atomic mass is 16.3. The summed E-state index contributed by atoms with van der Waals surface area (Å²) in [6, 6.07) is 13.2. The maximum atomic E-state index is 11.2. The van der Waals surface area contributed by atoms with Gasteiger partial charge in [0.05, 0.1) is 6.20 Å². The first-order valence-corrected chi connectivity index (χ1v) is 7.75. The van der Waals surface area contributed by atoms with Crippen LogP contribution in [-0.4, -0.2) is 21.2 Å². The molecule has 24 heavy (non-hydrogen) atoms. The van der Waals surface area contributed by atoms with Gasteiger partial charge in [-0.05, 0) is 47.7 Å². The lowest BCUT2D eigenvalue weighted by Gasteiger charge is -2.12. The van der Waals surface area contributed by atoms with Gasteiger partial charge in [0.25, 0.3) is 0 Å². The third-order valence-corrected chi connectivity index (χ3v) is 4.04. The predicted molar refractivity (Wildman–Crippen MR) is 93.4 cm³/mol. The molecule has 0 aliphatic carbocycles. The van der Waals surface area contributed by atoms with Crippen LogP contribution in [0.5, 0.6) is 5.75 Å². The summed E-state index contributed by atoms with van der Waals surface area (Å²) in [6.07, 6.45) is 2.61. The van der Waals surface area contributed by atoms with Crippen LogP contribution < -0.4 is 5.73 Å². The summed E-state index contributed by atoms with van der Waals surface area (Å²) < 4.78 is 0. The molecule has 0 unspecified atom stereocenters. The van der Waals surface area contributed by atoms with Crippen molar-refractivity contribution in [1.82, 2.24) is 10.2 Å². The zero-order valence-electron chi connectivity index (χ0n) is 13.4. The molecule has 0 aliphatic heterocycles. The Morgan fingerprint density at radius 1 is 1.17 bits per heavy atom. The van der Waals surface area contributed by atoms with E-state index in [1.54, 1.807) is 24.4 Å². The number of hydrogen-bond acceptors (Lipinski definition) is 3. The van der Waals surface area contributed by atoms with Crippen LogP contribution in [0.2, 0.25) is 0 Å². The Labute approximate surface area is 140 Å². The van der Waals surface area contributed by atoms with E-state index in [-0.39, 0.29) is 18.1 Å². The van der Waals surface area contributed by atoms with Gasteiger partial charge in [0, 0.05) is 17.7 Å². The molecule has 0 saturated heterocycles. The Morgan fingerprint density at radius 2 is 1.96 bits per heavy atom. The van der Waals surface area contributed by atoms with Crippen LogP contribution in [-0.2, 0) is 11.2 Å². The summed E-state index contributed by atoms with van der Waals surface area (Å²) in [4.78, 5) is 11.2. The summed E-state index contributed by atoms with van der Waals surface area (Å²) in [5.74, 6) is -0.120. The number of amides is 1. The molecule has 122 valence electrons. The molecule has 0 bridgehead atoms. The Balaban J connectivity index is 2.07. The highest BCUT2D eigenvalue weighted by Crippen LogP contribution is 2.32. The number of aromatic hydroxyl groups is 1. The van der Waals surface area contributed by atoms with Gasteiger partial charge in [-0.1, -0.05) is 30.3 Å². The van der Waals surface area contributed by atoms with Gasteiger partial charge in [0.2, 0.25) is 5.91 Å². The third-order valence-electron chi connectivity index (χ3n) is 4.04. The fourth-order valence-electron chi connectivity index (χ4n) is 2.82. The molecule has 1 amide bonds. The standard InChI is InChI=1S/C19H19N3O2/c1-12-18(11-21-22-12)15-5-7-17(13-3-2-4-16(23)10-13)14(9-15)6-8-19(20)24/h2-5,7,9-11,23H,6,8H2,1H3,(H2,20,24)(H,21,22). The van der Waals surface area contributed by atoms with Crippen LogP contribution >= 0.6 is 0 Å². The summed E-state index contributed by atoms with van der Waals surface area (Å²) in [6.45, 7) is 1.97. The first kappa shape index (κ1) is 15.8. The molecule has 1 heterocycles. The second-order valence-electron chi connectivity index (χ2n) is 5.80. The summed E-state index contributed by atoms with van der Waals surface area (Å²) >= 11 is 0. The van der Waals surface area contributed by atoms with E-state index in [0.717, 1.165) is 33.5 Å². The molecule has 0 atom stereocenters. The molecule has 0 aliphatic rings. The molecule has 0 saturated carbocycles. The molecule has 0 fully saturated rings. The Morgan fingerprint density at radius 3 is 2.62 bits per heavy atom. The van der Waals surface area contributed by atoms with E-state index in [1.807, 2.05) is 25.1 Å². The van der Waals surface area contributed by atoms with E-state index >= 15 is 0 Å². The van der Waals surface area contributed by atoms with Gasteiger partial charge in [-0.15, -0.1) is 0 Å². The SMILES string of the molecule is Cc1[nH]ncc1-c1ccc(-c2cccc(O)c2)c(CCC(N)=O)c1. The fraction of sp³-hybridized carbons (Fsp3) is 0.158. The van der Waals surface area contributed by atoms with Crippen LogP contribution in [0.25, 0.3) is 22.3 Å². The van der Waals surface area contributed by atoms with Gasteiger partial charge < -0.3 is 10.8 Å². The zero-order chi connectivity index (χ0) is 17.1.